The first-order valence-corrected chi connectivity index (χ1v) is 10.1. The van der Waals surface area contributed by atoms with Crippen LogP contribution in [0.4, 0.5) is 5.69 Å². The highest BCUT2D eigenvalue weighted by atomic mass is 79.9. The predicted octanol–water partition coefficient (Wildman–Crippen LogP) is 4.05. The lowest BCUT2D eigenvalue weighted by molar-refractivity contribution is 0.102. The van der Waals surface area contributed by atoms with Crippen LogP contribution in [0, 0.1) is 0 Å². The molecule has 0 spiro atoms. The molecule has 0 unspecified atom stereocenters. The van der Waals surface area contributed by atoms with Gasteiger partial charge in [-0.05, 0) is 48.5 Å². The maximum Gasteiger partial charge on any atom is 0.273 e. The van der Waals surface area contributed by atoms with E-state index >= 15 is 0 Å². The fraction of sp³-hybridized carbons (Fsp3) is 0.0952. The number of carbonyl (C=O) groups is 1. The van der Waals surface area contributed by atoms with E-state index in [1.54, 1.807) is 23.1 Å². The Bertz CT molecular complexity index is 1230. The van der Waals surface area contributed by atoms with Crippen molar-refractivity contribution in [2.45, 2.75) is 6.73 Å². The Labute approximate surface area is 185 Å². The third kappa shape index (κ3) is 4.24. The van der Waals surface area contributed by atoms with E-state index in [-0.39, 0.29) is 19.4 Å². The number of H-pyrrole nitrogens is 1. The number of aromatic nitrogens is 4. The van der Waals surface area contributed by atoms with Crippen molar-refractivity contribution in [1.29, 1.82) is 0 Å². The van der Waals surface area contributed by atoms with Crippen LogP contribution in [0.3, 0.4) is 0 Å². The molecule has 156 valence electrons. The fourth-order valence-electron chi connectivity index (χ4n) is 3.01. The minimum Gasteiger partial charge on any atom is -0.471 e. The van der Waals surface area contributed by atoms with Crippen LogP contribution in [0.5, 0.6) is 17.2 Å². The third-order valence-corrected chi connectivity index (χ3v) is 5.09. The molecule has 1 amide bonds. The number of nitrogens with zero attached hydrogens (tertiary/aromatic N) is 3. The number of halogens is 1. The Morgan fingerprint density at radius 2 is 2.00 bits per heavy atom. The summed E-state index contributed by atoms with van der Waals surface area (Å²) < 4.78 is 18.9. The largest absolute Gasteiger partial charge is 0.471 e. The van der Waals surface area contributed by atoms with Gasteiger partial charge in [-0.15, -0.1) is 0 Å². The van der Waals surface area contributed by atoms with Gasteiger partial charge < -0.3 is 19.5 Å². The summed E-state index contributed by atoms with van der Waals surface area (Å²) in [6, 6.07) is 14.7. The second-order valence-electron chi connectivity index (χ2n) is 6.68. The van der Waals surface area contributed by atoms with E-state index in [4.69, 9.17) is 14.2 Å². The van der Waals surface area contributed by atoms with Crippen LogP contribution in [0.1, 0.15) is 10.5 Å². The number of fused-ring (bicyclic) bond motifs is 1. The summed E-state index contributed by atoms with van der Waals surface area (Å²) in [6.07, 6.45) is 3.24. The molecule has 0 bridgehead atoms. The van der Waals surface area contributed by atoms with Gasteiger partial charge in [0.05, 0.1) is 23.8 Å². The Balaban J connectivity index is 1.21. The lowest BCUT2D eigenvalue weighted by Gasteiger charge is -2.05. The molecule has 31 heavy (non-hydrogen) atoms. The molecule has 10 heteroatoms. The maximum atomic E-state index is 12.6. The summed E-state index contributed by atoms with van der Waals surface area (Å²) in [6.45, 7) is 0.421. The van der Waals surface area contributed by atoms with Crippen molar-refractivity contribution >= 4 is 27.5 Å². The van der Waals surface area contributed by atoms with E-state index in [0.29, 0.717) is 28.6 Å². The van der Waals surface area contributed by atoms with Crippen LogP contribution in [0.25, 0.3) is 11.3 Å². The summed E-state index contributed by atoms with van der Waals surface area (Å²) in [5.41, 5.74) is 2.31. The first kappa shape index (κ1) is 19.2. The van der Waals surface area contributed by atoms with Gasteiger partial charge in [0.1, 0.15) is 11.4 Å². The SMILES string of the molecule is O=C(Nc1cnn(COc2ccc(Br)cc2)c1)c1cc(-c2ccc3c(c2)OCO3)n[nH]1. The summed E-state index contributed by atoms with van der Waals surface area (Å²) in [5.74, 6) is 1.74. The molecule has 1 aliphatic heterocycles. The summed E-state index contributed by atoms with van der Waals surface area (Å²) >= 11 is 3.38. The van der Waals surface area contributed by atoms with Gasteiger partial charge in [0.25, 0.3) is 5.91 Å². The van der Waals surface area contributed by atoms with E-state index in [2.05, 4.69) is 36.5 Å². The first-order valence-electron chi connectivity index (χ1n) is 9.32. The number of nitrogens with one attached hydrogen (secondary N) is 2. The van der Waals surface area contributed by atoms with Crippen LogP contribution in [0.15, 0.2) is 65.4 Å². The molecule has 4 aromatic rings. The second-order valence-corrected chi connectivity index (χ2v) is 7.60. The molecule has 0 fully saturated rings. The van der Waals surface area contributed by atoms with Crippen molar-refractivity contribution in [2.75, 3.05) is 12.1 Å². The van der Waals surface area contributed by atoms with Gasteiger partial charge in [-0.3, -0.25) is 9.89 Å². The van der Waals surface area contributed by atoms with E-state index < -0.39 is 0 Å². The van der Waals surface area contributed by atoms with E-state index in [0.717, 1.165) is 15.8 Å². The van der Waals surface area contributed by atoms with Gasteiger partial charge in [-0.1, -0.05) is 15.9 Å². The average molecular weight is 482 g/mol. The van der Waals surface area contributed by atoms with E-state index in [9.17, 15) is 4.79 Å². The Morgan fingerprint density at radius 3 is 2.87 bits per heavy atom. The number of benzene rings is 2. The van der Waals surface area contributed by atoms with E-state index in [1.807, 2.05) is 42.5 Å². The lowest BCUT2D eigenvalue weighted by Crippen LogP contribution is -2.12. The normalized spacial score (nSPS) is 12.0. The molecule has 0 saturated heterocycles. The molecular formula is C21H16BrN5O4. The van der Waals surface area contributed by atoms with Gasteiger partial charge in [0, 0.05) is 10.0 Å². The highest BCUT2D eigenvalue weighted by Crippen LogP contribution is 2.35. The number of hydrogen-bond donors (Lipinski definition) is 2. The van der Waals surface area contributed by atoms with Gasteiger partial charge in [0.2, 0.25) is 6.79 Å². The molecule has 0 saturated carbocycles. The quantitative estimate of drug-likeness (QED) is 0.430. The van der Waals surface area contributed by atoms with Crippen LogP contribution in [0.2, 0.25) is 0 Å². The molecule has 3 heterocycles. The number of hydrogen-bond acceptors (Lipinski definition) is 6. The fourth-order valence-corrected chi connectivity index (χ4v) is 3.27. The second kappa shape index (κ2) is 8.15. The molecule has 1 aliphatic rings. The standard InChI is InChI=1S/C21H16BrN5O4/c22-14-2-4-16(5-3-14)29-11-27-10-15(9-23-27)24-21(28)18-8-17(25-26-18)13-1-6-19-20(7-13)31-12-30-19/h1-10H,11-12H2,(H,24,28)(H,25,26). The zero-order valence-corrected chi connectivity index (χ0v) is 17.6. The molecule has 0 aliphatic carbocycles. The molecule has 2 aromatic heterocycles. The van der Waals surface area contributed by atoms with Crippen LogP contribution in [-0.2, 0) is 6.73 Å². The highest BCUT2D eigenvalue weighted by Gasteiger charge is 2.17. The Hall–Kier alpha value is -3.79. The van der Waals surface area contributed by atoms with Crippen molar-refractivity contribution in [3.63, 3.8) is 0 Å². The lowest BCUT2D eigenvalue weighted by atomic mass is 10.1. The van der Waals surface area contributed by atoms with Crippen molar-refractivity contribution in [3.05, 3.63) is 71.1 Å². The molecule has 0 atom stereocenters. The zero-order valence-electron chi connectivity index (χ0n) is 16.0. The minimum absolute atomic E-state index is 0.203. The van der Waals surface area contributed by atoms with Crippen LogP contribution in [-0.4, -0.2) is 32.7 Å². The van der Waals surface area contributed by atoms with Gasteiger partial charge in [0.15, 0.2) is 18.2 Å². The average Bonchev–Trinajstić information content (AvgIpc) is 3.53. The van der Waals surface area contributed by atoms with Gasteiger partial charge in [-0.2, -0.15) is 10.2 Å². The zero-order chi connectivity index (χ0) is 21.2. The van der Waals surface area contributed by atoms with Gasteiger partial charge in [-0.25, -0.2) is 4.68 Å². The Kier molecular flexibility index (Phi) is 5.04. The Morgan fingerprint density at radius 1 is 1.16 bits per heavy atom. The molecule has 5 rings (SSSR count). The third-order valence-electron chi connectivity index (χ3n) is 4.56. The van der Waals surface area contributed by atoms with Crippen LogP contribution < -0.4 is 19.5 Å². The summed E-state index contributed by atoms with van der Waals surface area (Å²) in [5, 5.41) is 14.0. The van der Waals surface area contributed by atoms with Crippen molar-refractivity contribution < 1.29 is 19.0 Å². The minimum atomic E-state index is -0.326. The van der Waals surface area contributed by atoms with Crippen molar-refractivity contribution in [1.82, 2.24) is 20.0 Å². The first-order chi connectivity index (χ1) is 15.1. The highest BCUT2D eigenvalue weighted by molar-refractivity contribution is 9.10. The van der Waals surface area contributed by atoms with Crippen molar-refractivity contribution in [3.8, 4) is 28.5 Å². The monoisotopic (exact) mass is 481 g/mol. The molecule has 9 nitrogen and oxygen atoms in total. The molecule has 2 N–H and O–H groups in total. The molecular weight excluding hydrogens is 466 g/mol. The van der Waals surface area contributed by atoms with Crippen molar-refractivity contribution in [2.24, 2.45) is 0 Å². The maximum absolute atomic E-state index is 12.6. The number of rotatable bonds is 6. The predicted molar refractivity (Wildman–Crippen MR) is 115 cm³/mol. The number of ether oxygens (including phenoxy) is 3. The summed E-state index contributed by atoms with van der Waals surface area (Å²) in [7, 11) is 0. The number of amides is 1. The van der Waals surface area contributed by atoms with Crippen LogP contribution >= 0.6 is 15.9 Å². The topological polar surface area (TPSA) is 103 Å². The van der Waals surface area contributed by atoms with Gasteiger partial charge >= 0.3 is 0 Å². The smallest absolute Gasteiger partial charge is 0.273 e. The summed E-state index contributed by atoms with van der Waals surface area (Å²) in [4.78, 5) is 12.6. The number of aromatic amines is 1. The number of anilines is 1. The van der Waals surface area contributed by atoms with E-state index in [1.165, 1.54) is 0 Å². The molecule has 0 radical (unpaired) electrons. The number of carbonyl (C=O) groups excluding carboxylic acids is 1. The molecule has 2 aromatic carbocycles.